The molecular weight excluding hydrogens is 288 g/mol. The molecule has 0 aliphatic carbocycles. The lowest BCUT2D eigenvalue weighted by molar-refractivity contribution is 0.780. The molecule has 2 aromatic carbocycles. The SMILES string of the molecule is c1ccc(C2CN(c3ccccc3)C(c3ccsc3)=N2)cc1. The molecular formula is C19H16N2S. The van der Waals surface area contributed by atoms with Gasteiger partial charge in [0.15, 0.2) is 0 Å². The molecule has 2 heterocycles. The van der Waals surface area contributed by atoms with E-state index in [0.29, 0.717) is 0 Å². The predicted molar refractivity (Wildman–Crippen MR) is 93.8 cm³/mol. The van der Waals surface area contributed by atoms with Gasteiger partial charge in [-0.15, -0.1) is 0 Å². The second-order valence-corrected chi connectivity index (χ2v) is 6.12. The number of hydrogen-bond acceptors (Lipinski definition) is 3. The van der Waals surface area contributed by atoms with Gasteiger partial charge in [-0.05, 0) is 29.1 Å². The molecule has 1 atom stereocenters. The average molecular weight is 304 g/mol. The second-order valence-electron chi connectivity index (χ2n) is 5.34. The highest BCUT2D eigenvalue weighted by Gasteiger charge is 2.28. The van der Waals surface area contributed by atoms with Crippen LogP contribution in [0, 0.1) is 0 Å². The van der Waals surface area contributed by atoms with Crippen molar-refractivity contribution in [3.05, 3.63) is 88.6 Å². The maximum absolute atomic E-state index is 5.01. The predicted octanol–water partition coefficient (Wildman–Crippen LogP) is 4.76. The molecule has 0 bridgehead atoms. The van der Waals surface area contributed by atoms with Gasteiger partial charge in [0.2, 0.25) is 0 Å². The minimum Gasteiger partial charge on any atom is -0.324 e. The first-order chi connectivity index (χ1) is 10.9. The highest BCUT2D eigenvalue weighted by Crippen LogP contribution is 2.31. The van der Waals surface area contributed by atoms with Crippen molar-refractivity contribution >= 4 is 22.9 Å². The molecule has 3 aromatic rings. The monoisotopic (exact) mass is 304 g/mol. The van der Waals surface area contributed by atoms with Crippen LogP contribution in [0.2, 0.25) is 0 Å². The van der Waals surface area contributed by atoms with Crippen LogP contribution in [0.3, 0.4) is 0 Å². The van der Waals surface area contributed by atoms with Gasteiger partial charge in [0.05, 0.1) is 12.6 Å². The molecule has 0 spiro atoms. The third-order valence-electron chi connectivity index (χ3n) is 3.92. The minimum absolute atomic E-state index is 0.191. The number of nitrogens with zero attached hydrogens (tertiary/aromatic N) is 2. The summed E-state index contributed by atoms with van der Waals surface area (Å²) in [6.45, 7) is 0.888. The number of rotatable bonds is 3. The van der Waals surface area contributed by atoms with Gasteiger partial charge in [0.1, 0.15) is 5.84 Å². The summed E-state index contributed by atoms with van der Waals surface area (Å²) in [7, 11) is 0. The number of aliphatic imine (C=N–C) groups is 1. The Balaban J connectivity index is 1.75. The van der Waals surface area contributed by atoms with E-state index >= 15 is 0 Å². The molecule has 0 radical (unpaired) electrons. The fourth-order valence-electron chi connectivity index (χ4n) is 2.83. The standard InChI is InChI=1S/C19H16N2S/c1-3-7-15(8-4-1)18-13-21(17-9-5-2-6-10-17)19(20-18)16-11-12-22-14-16/h1-12,14,18H,13H2. The number of anilines is 1. The maximum atomic E-state index is 5.01. The quantitative estimate of drug-likeness (QED) is 0.681. The third kappa shape index (κ3) is 2.44. The molecule has 3 heteroatoms. The molecule has 108 valence electrons. The van der Waals surface area contributed by atoms with Crippen LogP contribution in [0.5, 0.6) is 0 Å². The fourth-order valence-corrected chi connectivity index (χ4v) is 3.46. The Morgan fingerprint density at radius 3 is 2.32 bits per heavy atom. The van der Waals surface area contributed by atoms with Crippen LogP contribution in [0.1, 0.15) is 17.2 Å². The zero-order valence-electron chi connectivity index (χ0n) is 12.1. The van der Waals surface area contributed by atoms with E-state index in [1.807, 2.05) is 0 Å². The number of thiophene rings is 1. The molecule has 2 nitrogen and oxygen atoms in total. The van der Waals surface area contributed by atoms with Crippen molar-refractivity contribution in [2.45, 2.75) is 6.04 Å². The van der Waals surface area contributed by atoms with Crippen LogP contribution in [-0.2, 0) is 0 Å². The molecule has 1 aliphatic heterocycles. The fraction of sp³-hybridized carbons (Fsp3) is 0.105. The lowest BCUT2D eigenvalue weighted by Crippen LogP contribution is -2.28. The van der Waals surface area contributed by atoms with E-state index in [2.05, 4.69) is 82.4 Å². The first-order valence-electron chi connectivity index (χ1n) is 7.40. The zero-order valence-corrected chi connectivity index (χ0v) is 12.9. The van der Waals surface area contributed by atoms with Gasteiger partial charge in [-0.2, -0.15) is 11.3 Å². The Morgan fingerprint density at radius 2 is 1.64 bits per heavy atom. The molecule has 1 aromatic heterocycles. The van der Waals surface area contributed by atoms with Gasteiger partial charge in [-0.25, -0.2) is 0 Å². The Kier molecular flexibility index (Phi) is 3.49. The van der Waals surface area contributed by atoms with Gasteiger partial charge in [0, 0.05) is 16.6 Å². The average Bonchev–Trinajstić information content (AvgIpc) is 3.26. The topological polar surface area (TPSA) is 15.6 Å². The van der Waals surface area contributed by atoms with E-state index in [4.69, 9.17) is 4.99 Å². The summed E-state index contributed by atoms with van der Waals surface area (Å²) in [6, 6.07) is 23.4. The molecule has 22 heavy (non-hydrogen) atoms. The number of benzene rings is 2. The molecule has 0 saturated heterocycles. The van der Waals surface area contributed by atoms with E-state index in [1.54, 1.807) is 11.3 Å². The van der Waals surface area contributed by atoms with Crippen molar-refractivity contribution in [1.29, 1.82) is 0 Å². The molecule has 0 amide bonds. The smallest absolute Gasteiger partial charge is 0.137 e. The Bertz CT molecular complexity index is 764. The molecule has 1 aliphatic rings. The lowest BCUT2D eigenvalue weighted by Gasteiger charge is -2.20. The van der Waals surface area contributed by atoms with E-state index in [1.165, 1.54) is 16.8 Å². The van der Waals surface area contributed by atoms with Crippen molar-refractivity contribution in [2.24, 2.45) is 4.99 Å². The Labute approximate surface area is 134 Å². The Hall–Kier alpha value is -2.39. The van der Waals surface area contributed by atoms with Gasteiger partial charge in [-0.1, -0.05) is 48.5 Å². The van der Waals surface area contributed by atoms with Gasteiger partial charge < -0.3 is 4.90 Å². The molecule has 1 unspecified atom stereocenters. The summed E-state index contributed by atoms with van der Waals surface area (Å²) in [5.74, 6) is 1.07. The Morgan fingerprint density at radius 1 is 0.909 bits per heavy atom. The lowest BCUT2D eigenvalue weighted by atomic mass is 10.1. The molecule has 0 fully saturated rings. The second kappa shape index (κ2) is 5.78. The third-order valence-corrected chi connectivity index (χ3v) is 4.60. The highest BCUT2D eigenvalue weighted by atomic mass is 32.1. The summed E-state index contributed by atoms with van der Waals surface area (Å²) in [4.78, 5) is 7.33. The number of amidine groups is 1. The molecule has 4 rings (SSSR count). The van der Waals surface area contributed by atoms with Gasteiger partial charge in [0.25, 0.3) is 0 Å². The van der Waals surface area contributed by atoms with E-state index in [9.17, 15) is 0 Å². The largest absolute Gasteiger partial charge is 0.324 e. The van der Waals surface area contributed by atoms with Crippen LogP contribution < -0.4 is 4.90 Å². The number of para-hydroxylation sites is 1. The molecule has 0 N–H and O–H groups in total. The van der Waals surface area contributed by atoms with Crippen molar-refractivity contribution in [1.82, 2.24) is 0 Å². The maximum Gasteiger partial charge on any atom is 0.137 e. The van der Waals surface area contributed by atoms with Crippen molar-refractivity contribution in [2.75, 3.05) is 11.4 Å². The van der Waals surface area contributed by atoms with Crippen molar-refractivity contribution < 1.29 is 0 Å². The van der Waals surface area contributed by atoms with Crippen LogP contribution in [0.15, 0.2) is 82.5 Å². The van der Waals surface area contributed by atoms with Gasteiger partial charge in [-0.3, -0.25) is 4.99 Å². The summed E-state index contributed by atoms with van der Waals surface area (Å²) in [5, 5.41) is 4.28. The van der Waals surface area contributed by atoms with Gasteiger partial charge >= 0.3 is 0 Å². The molecule has 0 saturated carbocycles. The van der Waals surface area contributed by atoms with Crippen LogP contribution >= 0.6 is 11.3 Å². The van der Waals surface area contributed by atoms with Crippen LogP contribution in [-0.4, -0.2) is 12.4 Å². The van der Waals surface area contributed by atoms with E-state index in [0.717, 1.165) is 12.4 Å². The number of hydrogen-bond donors (Lipinski definition) is 0. The summed E-state index contributed by atoms with van der Waals surface area (Å²) < 4.78 is 0. The zero-order chi connectivity index (χ0) is 14.8. The summed E-state index contributed by atoms with van der Waals surface area (Å²) >= 11 is 1.71. The van der Waals surface area contributed by atoms with E-state index in [-0.39, 0.29) is 6.04 Å². The summed E-state index contributed by atoms with van der Waals surface area (Å²) in [6.07, 6.45) is 0. The van der Waals surface area contributed by atoms with Crippen molar-refractivity contribution in [3.8, 4) is 0 Å². The normalized spacial score (nSPS) is 17.5. The van der Waals surface area contributed by atoms with Crippen LogP contribution in [0.25, 0.3) is 0 Å². The highest BCUT2D eigenvalue weighted by molar-refractivity contribution is 7.08. The first-order valence-corrected chi connectivity index (χ1v) is 8.34. The summed E-state index contributed by atoms with van der Waals surface area (Å²) in [5.41, 5.74) is 3.67. The minimum atomic E-state index is 0.191. The van der Waals surface area contributed by atoms with Crippen LogP contribution in [0.4, 0.5) is 5.69 Å². The first kappa shape index (κ1) is 13.3. The van der Waals surface area contributed by atoms with Crippen molar-refractivity contribution in [3.63, 3.8) is 0 Å². The van der Waals surface area contributed by atoms with E-state index < -0.39 is 0 Å².